The number of rotatable bonds is 3. The van der Waals surface area contributed by atoms with Gasteiger partial charge in [-0.25, -0.2) is 4.79 Å². The van der Waals surface area contributed by atoms with Gasteiger partial charge in [-0.3, -0.25) is 4.79 Å². The largest absolute Gasteiger partial charge is 0.469 e. The standard InChI is InChI=1S/C14H22O4/c1-13(2,3)18-10(15)8-7-9-11(12(16)17-6)14(9,4)5/h7-9,11H,1-6H3/b8-7+. The zero-order valence-electron chi connectivity index (χ0n) is 11.9. The van der Waals surface area contributed by atoms with E-state index in [0.717, 1.165) is 0 Å². The first-order valence-corrected chi connectivity index (χ1v) is 6.08. The molecular weight excluding hydrogens is 232 g/mol. The van der Waals surface area contributed by atoms with Gasteiger partial charge in [-0.1, -0.05) is 19.9 Å². The van der Waals surface area contributed by atoms with Crippen LogP contribution in [0.4, 0.5) is 0 Å². The number of methoxy groups -OCH3 is 1. The molecule has 0 N–H and O–H groups in total. The second-order valence-electron chi connectivity index (χ2n) is 6.24. The Labute approximate surface area is 108 Å². The van der Waals surface area contributed by atoms with Crippen LogP contribution in [0.15, 0.2) is 12.2 Å². The van der Waals surface area contributed by atoms with Crippen molar-refractivity contribution in [1.82, 2.24) is 0 Å². The molecule has 1 fully saturated rings. The van der Waals surface area contributed by atoms with Crippen molar-refractivity contribution in [2.24, 2.45) is 17.3 Å². The lowest BCUT2D eigenvalue weighted by atomic mass is 10.1. The number of carbonyl (C=O) groups excluding carboxylic acids is 2. The van der Waals surface area contributed by atoms with E-state index in [-0.39, 0.29) is 29.2 Å². The average molecular weight is 254 g/mol. The summed E-state index contributed by atoms with van der Waals surface area (Å²) in [6, 6.07) is 0. The molecule has 4 nitrogen and oxygen atoms in total. The fourth-order valence-corrected chi connectivity index (χ4v) is 2.13. The zero-order valence-corrected chi connectivity index (χ0v) is 11.9. The third-order valence-corrected chi connectivity index (χ3v) is 3.21. The zero-order chi connectivity index (χ0) is 14.1. The highest BCUT2D eigenvalue weighted by atomic mass is 16.6. The van der Waals surface area contributed by atoms with Gasteiger partial charge in [-0.15, -0.1) is 0 Å². The molecule has 1 aliphatic carbocycles. The SMILES string of the molecule is COC(=O)C1C(/C=C/C(=O)OC(C)(C)C)C1(C)C. The predicted octanol–water partition coefficient (Wildman–Crippen LogP) is 2.33. The quantitative estimate of drug-likeness (QED) is 0.573. The first-order chi connectivity index (χ1) is 8.09. The minimum Gasteiger partial charge on any atom is -0.469 e. The molecule has 102 valence electrons. The number of esters is 2. The first-order valence-electron chi connectivity index (χ1n) is 6.08. The number of hydrogen-bond acceptors (Lipinski definition) is 4. The summed E-state index contributed by atoms with van der Waals surface area (Å²) >= 11 is 0. The summed E-state index contributed by atoms with van der Waals surface area (Å²) in [5, 5.41) is 0. The minimum atomic E-state index is -0.498. The molecular formula is C14H22O4. The van der Waals surface area contributed by atoms with E-state index in [1.807, 2.05) is 34.6 Å². The molecule has 0 heterocycles. The van der Waals surface area contributed by atoms with Crippen LogP contribution in [0.1, 0.15) is 34.6 Å². The van der Waals surface area contributed by atoms with Gasteiger partial charge in [-0.2, -0.15) is 0 Å². The molecule has 1 saturated carbocycles. The normalized spacial score (nSPS) is 25.9. The van der Waals surface area contributed by atoms with Gasteiger partial charge < -0.3 is 9.47 Å². The molecule has 0 aromatic carbocycles. The topological polar surface area (TPSA) is 52.6 Å². The maximum absolute atomic E-state index is 11.5. The third-order valence-electron chi connectivity index (χ3n) is 3.21. The number of hydrogen-bond donors (Lipinski definition) is 0. The summed E-state index contributed by atoms with van der Waals surface area (Å²) in [6.07, 6.45) is 3.15. The summed E-state index contributed by atoms with van der Waals surface area (Å²) < 4.78 is 9.90. The smallest absolute Gasteiger partial charge is 0.330 e. The average Bonchev–Trinajstić information content (AvgIpc) is 2.74. The number of allylic oxidation sites excluding steroid dienone is 1. The van der Waals surface area contributed by atoms with Crippen LogP contribution in [0.5, 0.6) is 0 Å². The van der Waals surface area contributed by atoms with Crippen molar-refractivity contribution in [3.8, 4) is 0 Å². The molecule has 2 unspecified atom stereocenters. The molecule has 0 bridgehead atoms. The molecule has 1 aliphatic rings. The summed E-state index contributed by atoms with van der Waals surface area (Å²) in [4.78, 5) is 23.0. The maximum atomic E-state index is 11.5. The Bertz CT molecular complexity index is 374. The van der Waals surface area contributed by atoms with Crippen LogP contribution in [0, 0.1) is 17.3 Å². The summed E-state index contributed by atoms with van der Waals surface area (Å²) in [6.45, 7) is 9.42. The number of carbonyl (C=O) groups is 2. The molecule has 0 radical (unpaired) electrons. The molecule has 0 aliphatic heterocycles. The Morgan fingerprint density at radius 3 is 2.22 bits per heavy atom. The molecule has 0 aromatic rings. The first kappa shape index (κ1) is 14.7. The van der Waals surface area contributed by atoms with Crippen molar-refractivity contribution in [3.63, 3.8) is 0 Å². The second kappa shape index (κ2) is 4.75. The van der Waals surface area contributed by atoms with Gasteiger partial charge in [0.05, 0.1) is 13.0 Å². The molecule has 0 spiro atoms. The van der Waals surface area contributed by atoms with E-state index in [1.165, 1.54) is 13.2 Å². The van der Waals surface area contributed by atoms with Crippen LogP contribution in [0.25, 0.3) is 0 Å². The van der Waals surface area contributed by atoms with Crippen molar-refractivity contribution in [2.75, 3.05) is 7.11 Å². The molecule has 0 saturated heterocycles. The Hall–Kier alpha value is -1.32. The molecule has 0 amide bonds. The highest BCUT2D eigenvalue weighted by Crippen LogP contribution is 2.59. The van der Waals surface area contributed by atoms with Gasteiger partial charge in [0.25, 0.3) is 0 Å². The molecule has 1 rings (SSSR count). The van der Waals surface area contributed by atoms with E-state index in [2.05, 4.69) is 0 Å². The van der Waals surface area contributed by atoms with Crippen molar-refractivity contribution in [3.05, 3.63) is 12.2 Å². The number of ether oxygens (including phenoxy) is 2. The van der Waals surface area contributed by atoms with Crippen molar-refractivity contribution in [1.29, 1.82) is 0 Å². The van der Waals surface area contributed by atoms with Crippen LogP contribution >= 0.6 is 0 Å². The second-order valence-corrected chi connectivity index (χ2v) is 6.24. The van der Waals surface area contributed by atoms with Gasteiger partial charge in [0.1, 0.15) is 5.60 Å². The predicted molar refractivity (Wildman–Crippen MR) is 67.8 cm³/mol. The lowest BCUT2D eigenvalue weighted by Crippen LogP contribution is -2.22. The van der Waals surface area contributed by atoms with Crippen molar-refractivity contribution in [2.45, 2.75) is 40.2 Å². The maximum Gasteiger partial charge on any atom is 0.330 e. The summed E-state index contributed by atoms with van der Waals surface area (Å²) in [7, 11) is 1.38. The van der Waals surface area contributed by atoms with Crippen molar-refractivity contribution < 1.29 is 19.1 Å². The lowest BCUT2D eigenvalue weighted by molar-refractivity contribution is -0.148. The van der Waals surface area contributed by atoms with Crippen LogP contribution in [-0.2, 0) is 19.1 Å². The van der Waals surface area contributed by atoms with Crippen LogP contribution in [0.2, 0.25) is 0 Å². The van der Waals surface area contributed by atoms with Crippen LogP contribution in [-0.4, -0.2) is 24.6 Å². The third kappa shape index (κ3) is 3.34. The van der Waals surface area contributed by atoms with Gasteiger partial charge in [0.2, 0.25) is 0 Å². The lowest BCUT2D eigenvalue weighted by Gasteiger charge is -2.17. The van der Waals surface area contributed by atoms with E-state index in [1.54, 1.807) is 6.08 Å². The highest BCUT2D eigenvalue weighted by Gasteiger charge is 2.61. The molecule has 2 atom stereocenters. The van der Waals surface area contributed by atoms with Gasteiger partial charge in [-0.05, 0) is 32.1 Å². The summed E-state index contributed by atoms with van der Waals surface area (Å²) in [5.74, 6) is -0.730. The highest BCUT2D eigenvalue weighted by molar-refractivity contribution is 5.83. The monoisotopic (exact) mass is 254 g/mol. The fourth-order valence-electron chi connectivity index (χ4n) is 2.13. The molecule has 18 heavy (non-hydrogen) atoms. The van der Waals surface area contributed by atoms with E-state index in [9.17, 15) is 9.59 Å². The van der Waals surface area contributed by atoms with Crippen LogP contribution < -0.4 is 0 Å². The van der Waals surface area contributed by atoms with Gasteiger partial charge in [0.15, 0.2) is 0 Å². The van der Waals surface area contributed by atoms with Gasteiger partial charge >= 0.3 is 11.9 Å². The van der Waals surface area contributed by atoms with Crippen LogP contribution in [0.3, 0.4) is 0 Å². The molecule has 4 heteroatoms. The van der Waals surface area contributed by atoms with E-state index in [4.69, 9.17) is 9.47 Å². The Morgan fingerprint density at radius 1 is 1.22 bits per heavy atom. The minimum absolute atomic E-state index is 0.0393. The summed E-state index contributed by atoms with van der Waals surface area (Å²) in [5.41, 5.74) is -0.645. The molecule has 0 aromatic heterocycles. The van der Waals surface area contributed by atoms with E-state index >= 15 is 0 Å². The fraction of sp³-hybridized carbons (Fsp3) is 0.714. The van der Waals surface area contributed by atoms with Gasteiger partial charge in [0, 0.05) is 6.08 Å². The Balaban J connectivity index is 2.59. The van der Waals surface area contributed by atoms with E-state index in [0.29, 0.717) is 0 Å². The van der Waals surface area contributed by atoms with E-state index < -0.39 is 5.60 Å². The Kier molecular flexibility index (Phi) is 3.89. The Morgan fingerprint density at radius 2 is 1.78 bits per heavy atom. The van der Waals surface area contributed by atoms with Crippen molar-refractivity contribution >= 4 is 11.9 Å².